The van der Waals surface area contributed by atoms with Gasteiger partial charge < -0.3 is 9.47 Å². The molecule has 2 aromatic carbocycles. The minimum Gasteiger partial charge on any atom is -0.489 e. The molecule has 0 aromatic heterocycles. The van der Waals surface area contributed by atoms with E-state index in [-0.39, 0.29) is 0 Å². The van der Waals surface area contributed by atoms with Gasteiger partial charge in [0, 0.05) is 5.02 Å². The van der Waals surface area contributed by atoms with E-state index in [4.69, 9.17) is 26.3 Å². The molecule has 27 heavy (non-hydrogen) atoms. The standard InChI is InChI=1S/C20H20ClNO5/c1-26-19(24)20(11-17(20)18(23)22-25)10-13-4-8-16(9-5-13)27-12-14-2-6-15(21)7-3-14/h2-9,17,25H,10-12H2,1H3,(H,22,23). The summed E-state index contributed by atoms with van der Waals surface area (Å²) in [5.41, 5.74) is 2.58. The number of benzene rings is 2. The van der Waals surface area contributed by atoms with E-state index in [1.165, 1.54) is 7.11 Å². The van der Waals surface area contributed by atoms with Crippen LogP contribution in [0.3, 0.4) is 0 Å². The Morgan fingerprint density at radius 1 is 1.15 bits per heavy atom. The Bertz CT molecular complexity index is 821. The molecule has 1 aliphatic carbocycles. The molecule has 2 unspecified atom stereocenters. The number of hydrogen-bond donors (Lipinski definition) is 2. The zero-order valence-corrected chi connectivity index (χ0v) is 15.5. The topological polar surface area (TPSA) is 84.9 Å². The van der Waals surface area contributed by atoms with E-state index in [0.29, 0.717) is 30.2 Å². The van der Waals surface area contributed by atoms with Gasteiger partial charge in [-0.25, -0.2) is 5.48 Å². The number of hydroxylamine groups is 1. The summed E-state index contributed by atoms with van der Waals surface area (Å²) in [7, 11) is 1.30. The molecule has 2 aromatic rings. The lowest BCUT2D eigenvalue weighted by molar-refractivity contribution is -0.149. The first-order valence-electron chi connectivity index (χ1n) is 8.47. The number of nitrogens with one attached hydrogen (secondary N) is 1. The van der Waals surface area contributed by atoms with Crippen LogP contribution in [-0.4, -0.2) is 24.2 Å². The molecular weight excluding hydrogens is 370 g/mol. The van der Waals surface area contributed by atoms with E-state index in [0.717, 1.165) is 11.1 Å². The lowest BCUT2D eigenvalue weighted by Crippen LogP contribution is -2.30. The minimum atomic E-state index is -0.923. The second kappa shape index (κ2) is 7.98. The van der Waals surface area contributed by atoms with Crippen molar-refractivity contribution in [2.24, 2.45) is 11.3 Å². The minimum absolute atomic E-state index is 0.348. The first-order valence-corrected chi connectivity index (χ1v) is 8.85. The Morgan fingerprint density at radius 2 is 1.78 bits per heavy atom. The third-order valence-electron chi connectivity index (χ3n) is 4.86. The first-order chi connectivity index (χ1) is 13.0. The van der Waals surface area contributed by atoms with Crippen LogP contribution in [-0.2, 0) is 27.4 Å². The highest BCUT2D eigenvalue weighted by Crippen LogP contribution is 2.55. The van der Waals surface area contributed by atoms with Gasteiger partial charge in [0.25, 0.3) is 0 Å². The maximum Gasteiger partial charge on any atom is 0.312 e. The molecule has 0 aliphatic heterocycles. The van der Waals surface area contributed by atoms with Crippen LogP contribution in [0.2, 0.25) is 5.02 Å². The largest absolute Gasteiger partial charge is 0.489 e. The van der Waals surface area contributed by atoms with Crippen LogP contribution >= 0.6 is 11.6 Å². The summed E-state index contributed by atoms with van der Waals surface area (Å²) >= 11 is 5.86. The van der Waals surface area contributed by atoms with E-state index in [2.05, 4.69) is 0 Å². The van der Waals surface area contributed by atoms with E-state index >= 15 is 0 Å². The molecule has 1 saturated carbocycles. The average molecular weight is 390 g/mol. The van der Waals surface area contributed by atoms with Crippen LogP contribution in [0.15, 0.2) is 48.5 Å². The molecule has 0 radical (unpaired) electrons. The predicted molar refractivity (Wildman–Crippen MR) is 98.4 cm³/mol. The fraction of sp³-hybridized carbons (Fsp3) is 0.300. The Morgan fingerprint density at radius 3 is 2.37 bits per heavy atom. The molecule has 3 rings (SSSR count). The van der Waals surface area contributed by atoms with Gasteiger partial charge in [0.05, 0.1) is 18.4 Å². The fourth-order valence-electron chi connectivity index (χ4n) is 3.24. The number of carbonyl (C=O) groups excluding carboxylic acids is 2. The zero-order valence-electron chi connectivity index (χ0n) is 14.8. The van der Waals surface area contributed by atoms with Gasteiger partial charge in [-0.05, 0) is 48.2 Å². The SMILES string of the molecule is COC(=O)C1(Cc2ccc(OCc3ccc(Cl)cc3)cc2)CC1C(=O)NO. The van der Waals surface area contributed by atoms with Gasteiger partial charge in [0.1, 0.15) is 12.4 Å². The Hall–Kier alpha value is -2.57. The van der Waals surface area contributed by atoms with Crippen LogP contribution in [0, 0.1) is 11.3 Å². The van der Waals surface area contributed by atoms with Gasteiger partial charge in [-0.3, -0.25) is 14.8 Å². The van der Waals surface area contributed by atoms with Gasteiger partial charge in [-0.2, -0.15) is 0 Å². The number of esters is 1. The molecule has 1 aliphatic rings. The molecule has 1 amide bonds. The summed E-state index contributed by atoms with van der Waals surface area (Å²) in [4.78, 5) is 23.9. The number of ether oxygens (including phenoxy) is 2. The molecular formula is C20H20ClNO5. The van der Waals surface area contributed by atoms with Gasteiger partial charge in [0.2, 0.25) is 5.91 Å². The highest BCUT2D eigenvalue weighted by Gasteiger charge is 2.64. The summed E-state index contributed by atoms with van der Waals surface area (Å²) in [6.45, 7) is 0.418. The Labute approximate surface area is 162 Å². The van der Waals surface area contributed by atoms with Crippen molar-refractivity contribution in [2.75, 3.05) is 7.11 Å². The second-order valence-corrected chi connectivity index (χ2v) is 7.05. The van der Waals surface area contributed by atoms with Gasteiger partial charge >= 0.3 is 5.97 Å². The van der Waals surface area contributed by atoms with Crippen molar-refractivity contribution in [3.8, 4) is 5.75 Å². The van der Waals surface area contributed by atoms with E-state index in [1.807, 2.05) is 48.5 Å². The summed E-state index contributed by atoms with van der Waals surface area (Å²) < 4.78 is 10.6. The summed E-state index contributed by atoms with van der Waals surface area (Å²) in [6.07, 6.45) is 0.704. The average Bonchev–Trinajstić information content (AvgIpc) is 3.42. The number of rotatable bonds is 7. The molecule has 7 heteroatoms. The van der Waals surface area contributed by atoms with Crippen LogP contribution in [0.1, 0.15) is 17.5 Å². The van der Waals surface area contributed by atoms with Gasteiger partial charge in [0.15, 0.2) is 0 Å². The molecule has 6 nitrogen and oxygen atoms in total. The quantitative estimate of drug-likeness (QED) is 0.431. The Kier molecular flexibility index (Phi) is 5.68. The van der Waals surface area contributed by atoms with Crippen molar-refractivity contribution < 1.29 is 24.3 Å². The van der Waals surface area contributed by atoms with E-state index in [9.17, 15) is 9.59 Å². The summed E-state index contributed by atoms with van der Waals surface area (Å²) in [6, 6.07) is 14.8. The van der Waals surface area contributed by atoms with Crippen molar-refractivity contribution >= 4 is 23.5 Å². The van der Waals surface area contributed by atoms with Gasteiger partial charge in [-0.15, -0.1) is 0 Å². The van der Waals surface area contributed by atoms with Crippen LogP contribution in [0.4, 0.5) is 0 Å². The van der Waals surface area contributed by atoms with Crippen molar-refractivity contribution in [1.29, 1.82) is 0 Å². The van der Waals surface area contributed by atoms with Crippen LogP contribution in [0.5, 0.6) is 5.75 Å². The Balaban J connectivity index is 1.63. The number of methoxy groups -OCH3 is 1. The van der Waals surface area contributed by atoms with Crippen molar-refractivity contribution in [1.82, 2.24) is 5.48 Å². The normalized spacial score (nSPS) is 20.6. The fourth-order valence-corrected chi connectivity index (χ4v) is 3.36. The molecule has 0 spiro atoms. The highest BCUT2D eigenvalue weighted by molar-refractivity contribution is 6.30. The third kappa shape index (κ3) is 4.23. The first kappa shape index (κ1) is 19.2. The molecule has 0 heterocycles. The van der Waals surface area contributed by atoms with Gasteiger partial charge in [-0.1, -0.05) is 35.9 Å². The second-order valence-electron chi connectivity index (χ2n) is 6.62. The number of hydrogen-bond acceptors (Lipinski definition) is 5. The smallest absolute Gasteiger partial charge is 0.312 e. The molecule has 0 saturated heterocycles. The monoisotopic (exact) mass is 389 g/mol. The lowest BCUT2D eigenvalue weighted by Gasteiger charge is -2.15. The molecule has 2 atom stereocenters. The summed E-state index contributed by atoms with van der Waals surface area (Å²) in [5.74, 6) is -0.903. The maximum absolute atomic E-state index is 12.2. The van der Waals surface area contributed by atoms with Crippen LogP contribution in [0.25, 0.3) is 0 Å². The number of amides is 1. The third-order valence-corrected chi connectivity index (χ3v) is 5.11. The molecule has 0 bridgehead atoms. The van der Waals surface area contributed by atoms with Crippen molar-refractivity contribution in [3.05, 3.63) is 64.7 Å². The maximum atomic E-state index is 12.2. The highest BCUT2D eigenvalue weighted by atomic mass is 35.5. The number of carbonyl (C=O) groups is 2. The predicted octanol–water partition coefficient (Wildman–Crippen LogP) is 3.15. The zero-order chi connectivity index (χ0) is 19.4. The summed E-state index contributed by atoms with van der Waals surface area (Å²) in [5, 5.41) is 9.50. The molecule has 1 fully saturated rings. The van der Waals surface area contributed by atoms with E-state index in [1.54, 1.807) is 5.48 Å². The van der Waals surface area contributed by atoms with E-state index < -0.39 is 23.2 Å². The van der Waals surface area contributed by atoms with Crippen molar-refractivity contribution in [2.45, 2.75) is 19.4 Å². The number of halogens is 1. The van der Waals surface area contributed by atoms with Crippen molar-refractivity contribution in [3.63, 3.8) is 0 Å². The van der Waals surface area contributed by atoms with Crippen LogP contribution < -0.4 is 10.2 Å². The lowest BCUT2D eigenvalue weighted by atomic mass is 9.93. The molecule has 2 N–H and O–H groups in total. The molecule has 142 valence electrons.